The van der Waals surface area contributed by atoms with Crippen LogP contribution in [0.3, 0.4) is 0 Å². The number of aromatic amines is 1. The number of rotatable bonds is 3. The van der Waals surface area contributed by atoms with Crippen molar-refractivity contribution in [2.24, 2.45) is 4.99 Å². The van der Waals surface area contributed by atoms with E-state index in [9.17, 15) is 9.90 Å². The molecular weight excluding hydrogens is 378 g/mol. The molecule has 0 radical (unpaired) electrons. The smallest absolute Gasteiger partial charge is 0.271 e. The lowest BCUT2D eigenvalue weighted by molar-refractivity contribution is -0.0705. The van der Waals surface area contributed by atoms with Crippen molar-refractivity contribution in [3.05, 3.63) is 39.7 Å². The predicted molar refractivity (Wildman–Crippen MR) is 110 cm³/mol. The summed E-state index contributed by atoms with van der Waals surface area (Å²) in [4.78, 5) is 17.6. The Morgan fingerprint density at radius 1 is 1.43 bits per heavy atom. The summed E-state index contributed by atoms with van der Waals surface area (Å²) in [5.74, 6) is 1.16. The van der Waals surface area contributed by atoms with Crippen LogP contribution in [0.25, 0.3) is 0 Å². The normalized spacial score (nSPS) is 23.8. The first-order valence-electron chi connectivity index (χ1n) is 9.36. The summed E-state index contributed by atoms with van der Waals surface area (Å²) >= 11 is 1.54. The van der Waals surface area contributed by atoms with Gasteiger partial charge in [-0.3, -0.25) is 14.6 Å². The van der Waals surface area contributed by atoms with Crippen LogP contribution >= 0.6 is 11.8 Å². The molecule has 1 fully saturated rings. The van der Waals surface area contributed by atoms with E-state index in [2.05, 4.69) is 18.9 Å². The van der Waals surface area contributed by atoms with E-state index in [4.69, 9.17) is 14.5 Å². The van der Waals surface area contributed by atoms with Gasteiger partial charge in [-0.25, -0.2) is 4.99 Å². The average molecular weight is 404 g/mol. The van der Waals surface area contributed by atoms with Gasteiger partial charge < -0.3 is 14.6 Å². The molecule has 0 saturated carbocycles. The van der Waals surface area contributed by atoms with Gasteiger partial charge in [-0.15, -0.1) is 0 Å². The van der Waals surface area contributed by atoms with Gasteiger partial charge in [0, 0.05) is 6.61 Å². The lowest BCUT2D eigenvalue weighted by Crippen LogP contribution is -2.35. The van der Waals surface area contributed by atoms with Crippen molar-refractivity contribution >= 4 is 22.6 Å². The molecule has 0 unspecified atom stereocenters. The molecule has 1 saturated heterocycles. The number of aromatic nitrogens is 2. The molecule has 0 amide bonds. The Morgan fingerprint density at radius 2 is 2.21 bits per heavy atom. The molecule has 28 heavy (non-hydrogen) atoms. The third-order valence-electron chi connectivity index (χ3n) is 5.29. The Kier molecular flexibility index (Phi) is 4.79. The average Bonchev–Trinajstić information content (AvgIpc) is 2.97. The zero-order valence-electron chi connectivity index (χ0n) is 16.5. The Morgan fingerprint density at radius 3 is 2.93 bits per heavy atom. The summed E-state index contributed by atoms with van der Waals surface area (Å²) < 4.78 is 13.0. The lowest BCUT2D eigenvalue weighted by Gasteiger charge is -2.36. The Bertz CT molecular complexity index is 992. The van der Waals surface area contributed by atoms with E-state index in [0.717, 1.165) is 23.4 Å². The van der Waals surface area contributed by atoms with Crippen molar-refractivity contribution in [2.75, 3.05) is 13.7 Å². The first-order valence-corrected chi connectivity index (χ1v) is 10.2. The lowest BCUT2D eigenvalue weighted by atomic mass is 9.94. The van der Waals surface area contributed by atoms with Crippen LogP contribution in [0.1, 0.15) is 56.0 Å². The molecular formula is C20H25N3O4S. The van der Waals surface area contributed by atoms with Crippen LogP contribution in [0.2, 0.25) is 0 Å². The van der Waals surface area contributed by atoms with Crippen molar-refractivity contribution in [1.82, 2.24) is 9.78 Å². The van der Waals surface area contributed by atoms with Gasteiger partial charge in [-0.1, -0.05) is 17.8 Å². The van der Waals surface area contributed by atoms with Gasteiger partial charge in [0.25, 0.3) is 5.56 Å². The molecule has 2 aliphatic heterocycles. The summed E-state index contributed by atoms with van der Waals surface area (Å²) in [5.41, 5.74) is 1.18. The van der Waals surface area contributed by atoms with Gasteiger partial charge in [-0.2, -0.15) is 0 Å². The molecule has 2 N–H and O–H groups in total. The minimum atomic E-state index is -0.233. The summed E-state index contributed by atoms with van der Waals surface area (Å²) in [6, 6.07) is 5.34. The van der Waals surface area contributed by atoms with E-state index >= 15 is 0 Å². The molecule has 4 rings (SSSR count). The molecule has 8 heteroatoms. The highest BCUT2D eigenvalue weighted by Crippen LogP contribution is 2.46. The number of phenols is 1. The topological polar surface area (TPSA) is 88.8 Å². The van der Waals surface area contributed by atoms with Crippen LogP contribution in [0.15, 0.2) is 28.0 Å². The zero-order valence-corrected chi connectivity index (χ0v) is 17.3. The summed E-state index contributed by atoms with van der Waals surface area (Å²) in [7, 11) is 1.52. The van der Waals surface area contributed by atoms with Gasteiger partial charge in [-0.05, 0) is 51.3 Å². The van der Waals surface area contributed by atoms with Gasteiger partial charge in [0.2, 0.25) is 0 Å². The quantitative estimate of drug-likeness (QED) is 0.811. The second-order valence-corrected chi connectivity index (χ2v) is 9.16. The fourth-order valence-electron chi connectivity index (χ4n) is 3.99. The number of benzene rings is 1. The van der Waals surface area contributed by atoms with E-state index < -0.39 is 0 Å². The summed E-state index contributed by atoms with van der Waals surface area (Å²) in [5, 5.41) is 13.6. The number of thioether (sulfide) groups is 1. The zero-order chi connectivity index (χ0) is 20.1. The van der Waals surface area contributed by atoms with Crippen LogP contribution in [-0.2, 0) is 4.74 Å². The third kappa shape index (κ3) is 3.35. The number of nitrogens with zero attached hydrogens (tertiary/aromatic N) is 2. The van der Waals surface area contributed by atoms with Crippen molar-refractivity contribution in [1.29, 1.82) is 0 Å². The summed E-state index contributed by atoms with van der Waals surface area (Å²) in [6.07, 6.45) is 1.64. The second-order valence-electron chi connectivity index (χ2n) is 7.86. The molecule has 3 heterocycles. The van der Waals surface area contributed by atoms with Gasteiger partial charge in [0.15, 0.2) is 17.3 Å². The Hall–Kier alpha value is -2.19. The van der Waals surface area contributed by atoms with Crippen LogP contribution < -0.4 is 10.3 Å². The molecule has 1 aromatic heterocycles. The van der Waals surface area contributed by atoms with E-state index in [1.54, 1.807) is 12.1 Å². The number of H-pyrrole nitrogens is 1. The Labute approximate surface area is 167 Å². The first kappa shape index (κ1) is 19.1. The number of aliphatic imine (C=N–C) groups is 1. The molecule has 2 aromatic rings. The van der Waals surface area contributed by atoms with Crippen molar-refractivity contribution in [3.63, 3.8) is 0 Å². The standard InChI is InChI=1S/C20H25N3O4S/c1-11-21-18-16(17(28-11)12-5-6-14(24)15(9-12)26-4)19(25)22-23(18)13-7-8-27-20(2,3)10-13/h5-6,9,13,17,24H,7-8,10H2,1-4H3,(H,22,25)/t13-,17+/m0/s1. The van der Waals surface area contributed by atoms with E-state index in [1.807, 2.05) is 17.7 Å². The highest BCUT2D eigenvalue weighted by Gasteiger charge is 2.36. The molecule has 0 bridgehead atoms. The van der Waals surface area contributed by atoms with Gasteiger partial charge in [0.1, 0.15) is 0 Å². The molecule has 1 aromatic carbocycles. The molecule has 0 spiro atoms. The maximum Gasteiger partial charge on any atom is 0.271 e. The number of methoxy groups -OCH3 is 1. The number of fused-ring (bicyclic) bond motifs is 1. The number of ether oxygens (including phenoxy) is 2. The highest BCUT2D eigenvalue weighted by atomic mass is 32.2. The maximum absolute atomic E-state index is 12.9. The van der Waals surface area contributed by atoms with Gasteiger partial charge >= 0.3 is 0 Å². The van der Waals surface area contributed by atoms with Crippen LogP contribution in [-0.4, -0.2) is 39.2 Å². The largest absolute Gasteiger partial charge is 0.504 e. The molecule has 0 aliphatic carbocycles. The van der Waals surface area contributed by atoms with Crippen LogP contribution in [0.4, 0.5) is 5.82 Å². The van der Waals surface area contributed by atoms with E-state index in [-0.39, 0.29) is 28.2 Å². The molecule has 150 valence electrons. The number of nitrogens with one attached hydrogen (secondary N) is 1. The van der Waals surface area contributed by atoms with Crippen LogP contribution in [0.5, 0.6) is 11.5 Å². The SMILES string of the molecule is COc1cc([C@H]2SC(C)=Nc3c2c(=O)[nH]n3[C@H]2CCOC(C)(C)C2)ccc1O. The highest BCUT2D eigenvalue weighted by molar-refractivity contribution is 8.14. The Balaban J connectivity index is 1.80. The number of hydrogen-bond acceptors (Lipinski definition) is 6. The van der Waals surface area contributed by atoms with E-state index in [1.165, 1.54) is 18.9 Å². The monoisotopic (exact) mass is 403 g/mol. The van der Waals surface area contributed by atoms with Crippen molar-refractivity contribution in [2.45, 2.75) is 50.5 Å². The minimum absolute atomic E-state index is 0.0774. The third-order valence-corrected chi connectivity index (χ3v) is 6.47. The number of phenolic OH excluding ortho intramolecular Hbond substituents is 1. The minimum Gasteiger partial charge on any atom is -0.504 e. The van der Waals surface area contributed by atoms with Crippen molar-refractivity contribution < 1.29 is 14.6 Å². The molecule has 2 atom stereocenters. The van der Waals surface area contributed by atoms with Crippen LogP contribution in [0, 0.1) is 0 Å². The second kappa shape index (κ2) is 7.00. The number of aromatic hydroxyl groups is 1. The molecule has 7 nitrogen and oxygen atoms in total. The fraction of sp³-hybridized carbons (Fsp3) is 0.500. The van der Waals surface area contributed by atoms with Gasteiger partial charge in [0.05, 0.1) is 34.6 Å². The molecule has 2 aliphatic rings. The first-order chi connectivity index (χ1) is 13.3. The number of hydrogen-bond donors (Lipinski definition) is 2. The fourth-order valence-corrected chi connectivity index (χ4v) is 5.08. The van der Waals surface area contributed by atoms with Crippen molar-refractivity contribution in [3.8, 4) is 11.5 Å². The maximum atomic E-state index is 12.9. The van der Waals surface area contributed by atoms with E-state index in [0.29, 0.717) is 23.7 Å². The summed E-state index contributed by atoms with van der Waals surface area (Å²) in [6.45, 7) is 6.75. The predicted octanol–water partition coefficient (Wildman–Crippen LogP) is 3.91.